The number of benzene rings is 1. The Morgan fingerprint density at radius 2 is 2.00 bits per heavy atom. The minimum absolute atomic E-state index is 0.0123. The minimum Gasteiger partial charge on any atom is -0.469 e. The largest absolute Gasteiger partial charge is 0.469 e. The second-order valence-corrected chi connectivity index (χ2v) is 3.33. The lowest BCUT2D eigenvalue weighted by molar-refractivity contribution is -0.139. The van der Waals surface area contributed by atoms with Crippen molar-refractivity contribution < 1.29 is 14.3 Å². The number of Topliss-reactive ketones (excluding diaryl/α,β-unsaturated/α-hetero) is 1. The van der Waals surface area contributed by atoms with E-state index < -0.39 is 0 Å². The number of ether oxygens (including phenoxy) is 1. The molecule has 1 aromatic rings. The van der Waals surface area contributed by atoms with E-state index in [9.17, 15) is 9.59 Å². The van der Waals surface area contributed by atoms with E-state index in [1.54, 1.807) is 18.2 Å². The number of esters is 1. The van der Waals surface area contributed by atoms with Crippen LogP contribution in [-0.4, -0.2) is 18.9 Å². The molecule has 3 nitrogen and oxygen atoms in total. The number of carbonyl (C=O) groups excluding carboxylic acids is 2. The molecule has 0 spiro atoms. The van der Waals surface area contributed by atoms with E-state index in [1.165, 1.54) is 14.0 Å². The van der Waals surface area contributed by atoms with Crippen molar-refractivity contribution in [2.75, 3.05) is 7.11 Å². The summed E-state index contributed by atoms with van der Waals surface area (Å²) in [6.07, 6.45) is 3.66. The molecule has 3 heteroatoms. The quantitative estimate of drug-likeness (QED) is 0.576. The Morgan fingerprint density at radius 3 is 2.62 bits per heavy atom. The number of ketones is 1. The second kappa shape index (κ2) is 5.85. The third-order valence-electron chi connectivity index (χ3n) is 2.15. The molecule has 0 N–H and O–H groups in total. The Labute approximate surface area is 94.7 Å². The van der Waals surface area contributed by atoms with Crippen LogP contribution in [0.4, 0.5) is 0 Å². The van der Waals surface area contributed by atoms with Gasteiger partial charge in [0.15, 0.2) is 5.78 Å². The van der Waals surface area contributed by atoms with Gasteiger partial charge in [-0.15, -0.1) is 0 Å². The minimum atomic E-state index is -0.295. The molecule has 0 aromatic heterocycles. The van der Waals surface area contributed by atoms with E-state index in [4.69, 9.17) is 0 Å². The van der Waals surface area contributed by atoms with Gasteiger partial charge in [-0.1, -0.05) is 36.4 Å². The molecule has 16 heavy (non-hydrogen) atoms. The van der Waals surface area contributed by atoms with E-state index in [2.05, 4.69) is 4.74 Å². The van der Waals surface area contributed by atoms with Crippen LogP contribution >= 0.6 is 0 Å². The van der Waals surface area contributed by atoms with Crippen molar-refractivity contribution in [2.45, 2.75) is 13.3 Å². The van der Waals surface area contributed by atoms with Crippen LogP contribution in [-0.2, 0) is 9.53 Å². The summed E-state index contributed by atoms with van der Waals surface area (Å²) < 4.78 is 4.51. The van der Waals surface area contributed by atoms with Crippen LogP contribution in [0, 0.1) is 0 Å². The molecule has 0 radical (unpaired) electrons. The van der Waals surface area contributed by atoms with Gasteiger partial charge in [0.25, 0.3) is 0 Å². The smallest absolute Gasteiger partial charge is 0.309 e. The van der Waals surface area contributed by atoms with Gasteiger partial charge in [-0.3, -0.25) is 9.59 Å². The topological polar surface area (TPSA) is 43.4 Å². The first kappa shape index (κ1) is 12.2. The standard InChI is InChI=1S/C13H14O3/c1-10(14)12-8-4-3-6-11(12)7-5-9-13(15)16-2/h3-8H,9H2,1-2H3. The fourth-order valence-electron chi connectivity index (χ4n) is 1.33. The van der Waals surface area contributed by atoms with Gasteiger partial charge in [-0.2, -0.15) is 0 Å². The van der Waals surface area contributed by atoms with Crippen LogP contribution in [0.5, 0.6) is 0 Å². The lowest BCUT2D eigenvalue weighted by atomic mass is 10.0. The molecule has 0 aliphatic heterocycles. The van der Waals surface area contributed by atoms with Crippen molar-refractivity contribution in [3.05, 3.63) is 41.5 Å². The van der Waals surface area contributed by atoms with Crippen molar-refractivity contribution in [3.63, 3.8) is 0 Å². The van der Waals surface area contributed by atoms with Crippen LogP contribution in [0.2, 0.25) is 0 Å². The number of rotatable bonds is 4. The van der Waals surface area contributed by atoms with Crippen molar-refractivity contribution in [3.8, 4) is 0 Å². The van der Waals surface area contributed by atoms with Gasteiger partial charge in [0.05, 0.1) is 13.5 Å². The molecule has 84 valence electrons. The molecule has 0 saturated heterocycles. The van der Waals surface area contributed by atoms with Crippen LogP contribution in [0.15, 0.2) is 30.3 Å². The average molecular weight is 218 g/mol. The Bertz CT molecular complexity index is 419. The van der Waals surface area contributed by atoms with Crippen molar-refractivity contribution in [1.29, 1.82) is 0 Å². The predicted octanol–water partition coefficient (Wildman–Crippen LogP) is 2.47. The first-order valence-electron chi connectivity index (χ1n) is 4.98. The fraction of sp³-hybridized carbons (Fsp3) is 0.231. The summed E-state index contributed by atoms with van der Waals surface area (Å²) in [7, 11) is 1.35. The molecule has 0 unspecified atom stereocenters. The highest BCUT2D eigenvalue weighted by molar-refractivity contribution is 5.97. The lowest BCUT2D eigenvalue weighted by Gasteiger charge is -2.00. The van der Waals surface area contributed by atoms with Crippen LogP contribution < -0.4 is 0 Å². The normalized spacial score (nSPS) is 10.4. The maximum Gasteiger partial charge on any atom is 0.309 e. The van der Waals surface area contributed by atoms with Crippen molar-refractivity contribution in [1.82, 2.24) is 0 Å². The Kier molecular flexibility index (Phi) is 4.45. The fourth-order valence-corrected chi connectivity index (χ4v) is 1.33. The van der Waals surface area contributed by atoms with Crippen molar-refractivity contribution in [2.24, 2.45) is 0 Å². The third-order valence-corrected chi connectivity index (χ3v) is 2.15. The second-order valence-electron chi connectivity index (χ2n) is 3.33. The molecule has 1 rings (SSSR count). The summed E-state index contributed by atoms with van der Waals surface area (Å²) >= 11 is 0. The maximum absolute atomic E-state index is 11.3. The molecule has 0 bridgehead atoms. The summed E-state index contributed by atoms with van der Waals surface area (Å²) in [5, 5.41) is 0. The molecule has 0 fully saturated rings. The Hall–Kier alpha value is -1.90. The summed E-state index contributed by atoms with van der Waals surface area (Å²) in [6.45, 7) is 1.52. The predicted molar refractivity (Wildman–Crippen MR) is 62.1 cm³/mol. The first-order valence-corrected chi connectivity index (χ1v) is 4.98. The monoisotopic (exact) mass is 218 g/mol. The number of hydrogen-bond acceptors (Lipinski definition) is 3. The molecule has 0 aliphatic rings. The molecule has 0 amide bonds. The third kappa shape index (κ3) is 3.35. The highest BCUT2D eigenvalue weighted by atomic mass is 16.5. The zero-order valence-corrected chi connectivity index (χ0v) is 9.40. The Morgan fingerprint density at radius 1 is 1.31 bits per heavy atom. The zero-order valence-electron chi connectivity index (χ0n) is 9.40. The summed E-state index contributed by atoms with van der Waals surface area (Å²) in [5.74, 6) is -0.283. The van der Waals surface area contributed by atoms with E-state index >= 15 is 0 Å². The maximum atomic E-state index is 11.3. The highest BCUT2D eigenvalue weighted by Gasteiger charge is 2.03. The van der Waals surface area contributed by atoms with E-state index in [0.717, 1.165) is 5.56 Å². The molecule has 0 saturated carbocycles. The molecule has 0 heterocycles. The van der Waals surface area contributed by atoms with Gasteiger partial charge in [0, 0.05) is 5.56 Å². The zero-order chi connectivity index (χ0) is 12.0. The van der Waals surface area contributed by atoms with Gasteiger partial charge >= 0.3 is 5.97 Å². The van der Waals surface area contributed by atoms with Gasteiger partial charge in [0.2, 0.25) is 0 Å². The van der Waals surface area contributed by atoms with E-state index in [-0.39, 0.29) is 18.2 Å². The van der Waals surface area contributed by atoms with E-state index in [1.807, 2.05) is 18.2 Å². The first-order chi connectivity index (χ1) is 7.65. The number of methoxy groups -OCH3 is 1. The van der Waals surface area contributed by atoms with Gasteiger partial charge in [0.1, 0.15) is 0 Å². The van der Waals surface area contributed by atoms with Crippen LogP contribution in [0.1, 0.15) is 29.3 Å². The summed E-state index contributed by atoms with van der Waals surface area (Å²) in [5.41, 5.74) is 1.47. The lowest BCUT2D eigenvalue weighted by Crippen LogP contribution is -1.97. The highest BCUT2D eigenvalue weighted by Crippen LogP contribution is 2.11. The molecule has 1 aromatic carbocycles. The molecule has 0 atom stereocenters. The van der Waals surface area contributed by atoms with Gasteiger partial charge in [-0.25, -0.2) is 0 Å². The SMILES string of the molecule is COC(=O)CC=Cc1ccccc1C(C)=O. The molecular formula is C13H14O3. The summed E-state index contributed by atoms with van der Waals surface area (Å²) in [6, 6.07) is 7.27. The molecule has 0 aliphatic carbocycles. The van der Waals surface area contributed by atoms with Gasteiger partial charge in [-0.05, 0) is 12.5 Å². The van der Waals surface area contributed by atoms with Gasteiger partial charge < -0.3 is 4.74 Å². The van der Waals surface area contributed by atoms with E-state index in [0.29, 0.717) is 5.56 Å². The number of hydrogen-bond donors (Lipinski definition) is 0. The Balaban J connectivity index is 2.80. The molecular weight excluding hydrogens is 204 g/mol. The summed E-state index contributed by atoms with van der Waals surface area (Å²) in [4.78, 5) is 22.2. The van der Waals surface area contributed by atoms with Crippen LogP contribution in [0.3, 0.4) is 0 Å². The van der Waals surface area contributed by atoms with Crippen molar-refractivity contribution >= 4 is 17.8 Å². The van der Waals surface area contributed by atoms with Crippen LogP contribution in [0.25, 0.3) is 6.08 Å². The number of carbonyl (C=O) groups is 2. The average Bonchev–Trinajstić information content (AvgIpc) is 2.29.